The van der Waals surface area contributed by atoms with Crippen LogP contribution in [0.1, 0.15) is 11.1 Å². The number of pyridine rings is 1. The van der Waals surface area contributed by atoms with E-state index in [1.807, 2.05) is 12.1 Å². The quantitative estimate of drug-likeness (QED) is 0.859. The number of nitrogens with one attached hydrogen (secondary N) is 2. The van der Waals surface area contributed by atoms with Crippen LogP contribution >= 0.6 is 0 Å². The van der Waals surface area contributed by atoms with Crippen molar-refractivity contribution in [2.75, 3.05) is 38.1 Å². The summed E-state index contributed by atoms with van der Waals surface area (Å²) in [5.74, 6) is 0.641. The number of likely N-dealkylation sites (N-methyl/N-ethyl adjacent to an activating group) is 1. The van der Waals surface area contributed by atoms with Crippen LogP contribution < -0.4 is 15.5 Å². The van der Waals surface area contributed by atoms with E-state index in [1.54, 1.807) is 24.4 Å². The number of aromatic nitrogens is 1. The number of benzene rings is 1. The Kier molecular flexibility index (Phi) is 6.01. The fraction of sp³-hybridized carbons (Fsp3) is 0.368. The van der Waals surface area contributed by atoms with Gasteiger partial charge in [-0.3, -0.25) is 0 Å². The number of nitrogens with zero attached hydrogens (tertiary/aromatic N) is 3. The van der Waals surface area contributed by atoms with Gasteiger partial charge in [-0.15, -0.1) is 0 Å². The number of piperazine rings is 1. The van der Waals surface area contributed by atoms with Gasteiger partial charge in [0.1, 0.15) is 11.6 Å². The molecule has 1 aliphatic rings. The molecule has 2 N–H and O–H groups in total. The van der Waals surface area contributed by atoms with Crippen LogP contribution in [0.4, 0.5) is 15.0 Å². The maximum absolute atomic E-state index is 13.5. The van der Waals surface area contributed by atoms with Gasteiger partial charge in [-0.1, -0.05) is 24.3 Å². The summed E-state index contributed by atoms with van der Waals surface area (Å²) in [6.07, 6.45) is 1.78. The molecule has 1 fully saturated rings. The molecule has 138 valence electrons. The van der Waals surface area contributed by atoms with Gasteiger partial charge >= 0.3 is 6.03 Å². The van der Waals surface area contributed by atoms with Crippen LogP contribution in [0.5, 0.6) is 0 Å². The molecule has 0 atom stereocenters. The van der Waals surface area contributed by atoms with E-state index >= 15 is 0 Å². The highest BCUT2D eigenvalue weighted by molar-refractivity contribution is 5.73. The lowest BCUT2D eigenvalue weighted by Crippen LogP contribution is -2.44. The fourth-order valence-electron chi connectivity index (χ4n) is 2.81. The van der Waals surface area contributed by atoms with Crippen molar-refractivity contribution in [1.29, 1.82) is 0 Å². The van der Waals surface area contributed by atoms with E-state index in [4.69, 9.17) is 0 Å². The third kappa shape index (κ3) is 4.92. The Morgan fingerprint density at radius 1 is 1.08 bits per heavy atom. The van der Waals surface area contributed by atoms with E-state index in [9.17, 15) is 9.18 Å². The van der Waals surface area contributed by atoms with E-state index in [2.05, 4.69) is 32.5 Å². The number of carbonyl (C=O) groups is 1. The van der Waals surface area contributed by atoms with Crippen LogP contribution in [0, 0.1) is 5.82 Å². The van der Waals surface area contributed by atoms with E-state index in [0.29, 0.717) is 12.1 Å². The van der Waals surface area contributed by atoms with Crippen molar-refractivity contribution in [1.82, 2.24) is 20.5 Å². The summed E-state index contributed by atoms with van der Waals surface area (Å²) >= 11 is 0. The molecule has 6 nitrogen and oxygen atoms in total. The lowest BCUT2D eigenvalue weighted by Gasteiger charge is -2.33. The van der Waals surface area contributed by atoms with Gasteiger partial charge in [0.25, 0.3) is 0 Å². The molecule has 26 heavy (non-hydrogen) atoms. The second-order valence-electron chi connectivity index (χ2n) is 6.44. The summed E-state index contributed by atoms with van der Waals surface area (Å²) in [5.41, 5.74) is 1.38. The molecule has 2 amide bonds. The van der Waals surface area contributed by atoms with Crippen molar-refractivity contribution in [3.05, 3.63) is 59.5 Å². The van der Waals surface area contributed by atoms with Crippen molar-refractivity contribution in [2.24, 2.45) is 0 Å². The highest BCUT2D eigenvalue weighted by Crippen LogP contribution is 2.13. The number of rotatable bonds is 5. The third-order valence-corrected chi connectivity index (χ3v) is 4.49. The Labute approximate surface area is 153 Å². The molecule has 0 unspecified atom stereocenters. The zero-order valence-corrected chi connectivity index (χ0v) is 14.9. The number of anilines is 1. The lowest BCUT2D eigenvalue weighted by molar-refractivity contribution is 0.240. The number of carbonyl (C=O) groups excluding carboxylic acids is 1. The van der Waals surface area contributed by atoms with Crippen molar-refractivity contribution in [2.45, 2.75) is 13.1 Å². The van der Waals surface area contributed by atoms with Crippen molar-refractivity contribution in [3.63, 3.8) is 0 Å². The van der Waals surface area contributed by atoms with Gasteiger partial charge in [-0.05, 0) is 24.7 Å². The van der Waals surface area contributed by atoms with Crippen molar-refractivity contribution in [3.8, 4) is 0 Å². The molecule has 7 heteroatoms. The highest BCUT2D eigenvalue weighted by atomic mass is 19.1. The Bertz CT molecular complexity index is 729. The first-order valence-electron chi connectivity index (χ1n) is 8.75. The monoisotopic (exact) mass is 357 g/mol. The van der Waals surface area contributed by atoms with Crippen LogP contribution in [-0.2, 0) is 13.1 Å². The highest BCUT2D eigenvalue weighted by Gasteiger charge is 2.15. The summed E-state index contributed by atoms with van der Waals surface area (Å²) in [4.78, 5) is 20.9. The third-order valence-electron chi connectivity index (χ3n) is 4.49. The van der Waals surface area contributed by atoms with Crippen LogP contribution in [0.15, 0.2) is 42.6 Å². The minimum Gasteiger partial charge on any atom is -0.354 e. The Morgan fingerprint density at radius 2 is 1.81 bits per heavy atom. The van der Waals surface area contributed by atoms with Crippen LogP contribution in [0.3, 0.4) is 0 Å². The zero-order valence-electron chi connectivity index (χ0n) is 14.9. The molecule has 3 rings (SSSR count). The van der Waals surface area contributed by atoms with Gasteiger partial charge < -0.3 is 20.4 Å². The average molecular weight is 357 g/mol. The number of halogens is 1. The smallest absolute Gasteiger partial charge is 0.315 e. The second-order valence-corrected chi connectivity index (χ2v) is 6.44. The largest absolute Gasteiger partial charge is 0.354 e. The summed E-state index contributed by atoms with van der Waals surface area (Å²) in [5, 5.41) is 5.41. The maximum atomic E-state index is 13.5. The molecule has 1 aromatic carbocycles. The molecule has 0 saturated carbocycles. The summed E-state index contributed by atoms with van der Waals surface area (Å²) in [6.45, 7) is 4.54. The minimum atomic E-state index is -0.337. The first-order chi connectivity index (χ1) is 12.6. The number of urea groups is 1. The molecule has 0 bridgehead atoms. The van der Waals surface area contributed by atoms with Gasteiger partial charge in [0.15, 0.2) is 0 Å². The molecular formula is C19H24FN5O. The number of hydrogen-bond donors (Lipinski definition) is 2. The van der Waals surface area contributed by atoms with Gasteiger partial charge in [0.2, 0.25) is 0 Å². The molecular weight excluding hydrogens is 333 g/mol. The number of amides is 2. The Morgan fingerprint density at radius 3 is 2.50 bits per heavy atom. The molecule has 0 radical (unpaired) electrons. The molecule has 2 aromatic rings. The van der Waals surface area contributed by atoms with Gasteiger partial charge in [-0.25, -0.2) is 14.2 Å². The summed E-state index contributed by atoms with van der Waals surface area (Å²) < 4.78 is 13.5. The molecule has 1 aliphatic heterocycles. The van der Waals surface area contributed by atoms with Crippen molar-refractivity contribution < 1.29 is 9.18 Å². The molecule has 1 aromatic heterocycles. The van der Waals surface area contributed by atoms with E-state index in [0.717, 1.165) is 37.6 Å². The van der Waals surface area contributed by atoms with Gasteiger partial charge in [0.05, 0.1) is 0 Å². The topological polar surface area (TPSA) is 60.5 Å². The average Bonchev–Trinajstić information content (AvgIpc) is 2.67. The lowest BCUT2D eigenvalue weighted by atomic mass is 10.2. The zero-order chi connectivity index (χ0) is 18.4. The van der Waals surface area contributed by atoms with Crippen LogP contribution in [-0.4, -0.2) is 49.1 Å². The normalized spacial score (nSPS) is 14.9. The second kappa shape index (κ2) is 8.62. The molecule has 0 aliphatic carbocycles. The Balaban J connectivity index is 1.44. The predicted octanol–water partition coefficient (Wildman–Crippen LogP) is 1.97. The first-order valence-corrected chi connectivity index (χ1v) is 8.75. The first kappa shape index (κ1) is 18.1. The van der Waals surface area contributed by atoms with E-state index < -0.39 is 0 Å². The van der Waals surface area contributed by atoms with E-state index in [1.165, 1.54) is 6.07 Å². The minimum absolute atomic E-state index is 0.152. The van der Waals surface area contributed by atoms with E-state index in [-0.39, 0.29) is 18.4 Å². The molecule has 1 saturated heterocycles. The summed E-state index contributed by atoms with van der Waals surface area (Å²) in [6, 6.07) is 10.0. The number of hydrogen-bond acceptors (Lipinski definition) is 4. The van der Waals surface area contributed by atoms with Crippen LogP contribution in [0.2, 0.25) is 0 Å². The van der Waals surface area contributed by atoms with Gasteiger partial charge in [0, 0.05) is 51.0 Å². The SMILES string of the molecule is CN1CCN(c2ccc(CNC(=O)NCc3ccccc3F)cn2)CC1. The maximum Gasteiger partial charge on any atom is 0.315 e. The molecule has 2 heterocycles. The standard InChI is InChI=1S/C19H24FN5O/c1-24-8-10-25(11-9-24)18-7-6-15(12-21-18)13-22-19(26)23-14-16-4-2-3-5-17(16)20/h2-7,12H,8-11,13-14H2,1H3,(H2,22,23,26). The van der Waals surface area contributed by atoms with Gasteiger partial charge in [-0.2, -0.15) is 0 Å². The van der Waals surface area contributed by atoms with Crippen LogP contribution in [0.25, 0.3) is 0 Å². The Hall–Kier alpha value is -2.67. The predicted molar refractivity (Wildman–Crippen MR) is 99.4 cm³/mol. The van der Waals surface area contributed by atoms with Crippen molar-refractivity contribution >= 4 is 11.8 Å². The fourth-order valence-corrected chi connectivity index (χ4v) is 2.81. The summed E-state index contributed by atoms with van der Waals surface area (Å²) in [7, 11) is 2.12. The molecule has 0 spiro atoms.